The van der Waals surface area contributed by atoms with Crippen molar-refractivity contribution in [3.05, 3.63) is 59.3 Å². The van der Waals surface area contributed by atoms with Crippen LogP contribution >= 0.6 is 0 Å². The number of amidine groups is 1. The molecular formula is C15H15N3O. The number of fused-ring (bicyclic) bond motifs is 1. The van der Waals surface area contributed by atoms with E-state index in [4.69, 9.17) is 10.1 Å². The van der Waals surface area contributed by atoms with Crippen LogP contribution in [0, 0.1) is 5.41 Å². The van der Waals surface area contributed by atoms with E-state index in [1.807, 2.05) is 30.3 Å². The number of ether oxygens (including phenoxy) is 1. The summed E-state index contributed by atoms with van der Waals surface area (Å²) in [6.07, 6.45) is 0. The van der Waals surface area contributed by atoms with Gasteiger partial charge in [-0.25, -0.2) is 4.98 Å². The summed E-state index contributed by atoms with van der Waals surface area (Å²) in [4.78, 5) is 4.36. The van der Waals surface area contributed by atoms with Gasteiger partial charge in [-0.2, -0.15) is 0 Å². The van der Waals surface area contributed by atoms with E-state index in [9.17, 15) is 0 Å². The van der Waals surface area contributed by atoms with Crippen molar-refractivity contribution in [1.82, 2.24) is 10.3 Å². The molecule has 2 heterocycles. The maximum absolute atomic E-state index is 8.08. The molecule has 0 spiro atoms. The first kappa shape index (κ1) is 11.7. The number of benzene rings is 1. The van der Waals surface area contributed by atoms with E-state index in [0.717, 1.165) is 11.1 Å². The molecule has 19 heavy (non-hydrogen) atoms. The molecule has 4 heteroatoms. The van der Waals surface area contributed by atoms with Crippen LogP contribution in [0.3, 0.4) is 0 Å². The van der Waals surface area contributed by atoms with Crippen molar-refractivity contribution in [3.63, 3.8) is 0 Å². The minimum absolute atomic E-state index is 0.334. The Bertz CT molecular complexity index is 639. The zero-order valence-electron chi connectivity index (χ0n) is 10.9. The van der Waals surface area contributed by atoms with E-state index in [0.29, 0.717) is 17.4 Å². The Hall–Kier alpha value is -2.36. The van der Waals surface area contributed by atoms with Gasteiger partial charge in [0.15, 0.2) is 0 Å². The standard InChI is InChI=1S/C15H15N3O/c1-15(10-6-4-3-5-7-10)11-8-9-12(19-2)17-13(11)14(16)18-15/h3-9H,1-2H3,(H2,16,18). The normalized spacial score (nSPS) is 20.8. The number of nitrogens with zero attached hydrogens (tertiary/aromatic N) is 1. The first-order valence-corrected chi connectivity index (χ1v) is 6.13. The van der Waals surface area contributed by atoms with E-state index in [-0.39, 0.29) is 0 Å². The predicted octanol–water partition coefficient (Wildman–Crippen LogP) is 2.28. The number of aromatic nitrogens is 1. The Labute approximate surface area is 112 Å². The first-order valence-electron chi connectivity index (χ1n) is 6.13. The van der Waals surface area contributed by atoms with Crippen molar-refractivity contribution < 1.29 is 4.74 Å². The van der Waals surface area contributed by atoms with Crippen molar-refractivity contribution in [2.45, 2.75) is 12.5 Å². The van der Waals surface area contributed by atoms with Gasteiger partial charge in [0.05, 0.1) is 12.6 Å². The van der Waals surface area contributed by atoms with E-state index < -0.39 is 5.54 Å². The van der Waals surface area contributed by atoms with Gasteiger partial charge in [0.2, 0.25) is 5.88 Å². The topological polar surface area (TPSA) is 58.0 Å². The number of rotatable bonds is 2. The van der Waals surface area contributed by atoms with Crippen LogP contribution in [0.1, 0.15) is 23.7 Å². The molecular weight excluding hydrogens is 238 g/mol. The second-order valence-corrected chi connectivity index (χ2v) is 4.74. The summed E-state index contributed by atoms with van der Waals surface area (Å²) in [5.41, 5.74) is 2.37. The lowest BCUT2D eigenvalue weighted by atomic mass is 9.87. The van der Waals surface area contributed by atoms with Crippen molar-refractivity contribution in [2.75, 3.05) is 7.11 Å². The smallest absolute Gasteiger partial charge is 0.213 e. The molecule has 0 amide bonds. The number of nitrogens with one attached hydrogen (secondary N) is 2. The Balaban J connectivity index is 2.17. The van der Waals surface area contributed by atoms with Crippen LogP contribution in [0.25, 0.3) is 0 Å². The van der Waals surface area contributed by atoms with Crippen molar-refractivity contribution in [2.24, 2.45) is 0 Å². The molecule has 0 aliphatic carbocycles. The summed E-state index contributed by atoms with van der Waals surface area (Å²) >= 11 is 0. The molecule has 1 aromatic carbocycles. The van der Waals surface area contributed by atoms with Crippen LogP contribution in [0.4, 0.5) is 0 Å². The molecule has 0 saturated carbocycles. The fourth-order valence-corrected chi connectivity index (χ4v) is 2.52. The minimum atomic E-state index is -0.410. The maximum atomic E-state index is 8.08. The summed E-state index contributed by atoms with van der Waals surface area (Å²) < 4.78 is 5.13. The zero-order chi connectivity index (χ0) is 13.5. The van der Waals surface area contributed by atoms with Crippen molar-refractivity contribution >= 4 is 5.84 Å². The first-order chi connectivity index (χ1) is 9.15. The van der Waals surface area contributed by atoms with Gasteiger partial charge in [-0.1, -0.05) is 30.3 Å². The van der Waals surface area contributed by atoms with E-state index in [1.165, 1.54) is 0 Å². The summed E-state index contributed by atoms with van der Waals surface area (Å²) in [6.45, 7) is 2.07. The SMILES string of the molecule is COc1ccc2c(n1)C(=N)NC2(C)c1ccccc1. The second-order valence-electron chi connectivity index (χ2n) is 4.74. The molecule has 4 nitrogen and oxygen atoms in total. The number of pyridine rings is 1. The highest BCUT2D eigenvalue weighted by molar-refractivity contribution is 6.00. The summed E-state index contributed by atoms with van der Waals surface area (Å²) in [5, 5.41) is 11.3. The zero-order valence-corrected chi connectivity index (χ0v) is 10.9. The molecule has 0 saturated heterocycles. The third kappa shape index (κ3) is 1.68. The molecule has 2 N–H and O–H groups in total. The molecule has 1 aromatic heterocycles. The molecule has 3 rings (SSSR count). The number of hydrogen-bond donors (Lipinski definition) is 2. The Kier molecular flexibility index (Phi) is 2.52. The lowest BCUT2D eigenvalue weighted by Gasteiger charge is -2.26. The van der Waals surface area contributed by atoms with Gasteiger partial charge in [0.1, 0.15) is 11.5 Å². The molecule has 96 valence electrons. The molecule has 1 aliphatic heterocycles. The number of methoxy groups -OCH3 is 1. The average Bonchev–Trinajstić information content (AvgIpc) is 2.72. The third-order valence-corrected chi connectivity index (χ3v) is 3.58. The van der Waals surface area contributed by atoms with Crippen LogP contribution in [-0.2, 0) is 5.54 Å². The molecule has 1 aliphatic rings. The van der Waals surface area contributed by atoms with Gasteiger partial charge in [0, 0.05) is 11.6 Å². The largest absolute Gasteiger partial charge is 0.481 e. The molecule has 0 radical (unpaired) electrons. The third-order valence-electron chi connectivity index (χ3n) is 3.58. The highest BCUT2D eigenvalue weighted by atomic mass is 16.5. The monoisotopic (exact) mass is 253 g/mol. The second kappa shape index (κ2) is 4.09. The average molecular weight is 253 g/mol. The van der Waals surface area contributed by atoms with Gasteiger partial charge in [-0.15, -0.1) is 0 Å². The molecule has 1 atom stereocenters. The van der Waals surface area contributed by atoms with Gasteiger partial charge >= 0.3 is 0 Å². The maximum Gasteiger partial charge on any atom is 0.213 e. The Morgan fingerprint density at radius 3 is 2.58 bits per heavy atom. The van der Waals surface area contributed by atoms with Gasteiger partial charge in [0.25, 0.3) is 0 Å². The quantitative estimate of drug-likeness (QED) is 0.863. The van der Waals surface area contributed by atoms with Gasteiger partial charge in [-0.05, 0) is 18.6 Å². The van der Waals surface area contributed by atoms with Gasteiger partial charge in [-0.3, -0.25) is 5.41 Å². The van der Waals surface area contributed by atoms with Crippen LogP contribution in [0.5, 0.6) is 5.88 Å². The lowest BCUT2D eigenvalue weighted by Crippen LogP contribution is -2.37. The molecule has 1 unspecified atom stereocenters. The minimum Gasteiger partial charge on any atom is -0.481 e. The Morgan fingerprint density at radius 2 is 1.89 bits per heavy atom. The fraction of sp³-hybridized carbons (Fsp3) is 0.200. The van der Waals surface area contributed by atoms with Crippen molar-refractivity contribution in [1.29, 1.82) is 5.41 Å². The highest BCUT2D eigenvalue weighted by Crippen LogP contribution is 2.36. The van der Waals surface area contributed by atoms with E-state index in [2.05, 4.69) is 29.4 Å². The summed E-state index contributed by atoms with van der Waals surface area (Å²) in [6, 6.07) is 13.9. The molecule has 0 fully saturated rings. The van der Waals surface area contributed by atoms with Crippen LogP contribution in [-0.4, -0.2) is 17.9 Å². The summed E-state index contributed by atoms with van der Waals surface area (Å²) in [7, 11) is 1.58. The van der Waals surface area contributed by atoms with Gasteiger partial charge < -0.3 is 10.1 Å². The lowest BCUT2D eigenvalue weighted by molar-refractivity contribution is 0.397. The van der Waals surface area contributed by atoms with Crippen LogP contribution in [0.2, 0.25) is 0 Å². The van der Waals surface area contributed by atoms with E-state index >= 15 is 0 Å². The Morgan fingerprint density at radius 1 is 1.16 bits per heavy atom. The predicted molar refractivity (Wildman–Crippen MR) is 73.6 cm³/mol. The van der Waals surface area contributed by atoms with Crippen LogP contribution in [0.15, 0.2) is 42.5 Å². The van der Waals surface area contributed by atoms with E-state index in [1.54, 1.807) is 7.11 Å². The highest BCUT2D eigenvalue weighted by Gasteiger charge is 2.39. The fourth-order valence-electron chi connectivity index (χ4n) is 2.52. The van der Waals surface area contributed by atoms with Crippen molar-refractivity contribution in [3.8, 4) is 5.88 Å². The molecule has 2 aromatic rings. The summed E-state index contributed by atoms with van der Waals surface area (Å²) in [5.74, 6) is 0.864. The van der Waals surface area contributed by atoms with Crippen LogP contribution < -0.4 is 10.1 Å². The number of hydrogen-bond acceptors (Lipinski definition) is 3. The molecule has 0 bridgehead atoms.